The van der Waals surface area contributed by atoms with Crippen LogP contribution in [0.2, 0.25) is 0 Å². The number of halogens is 1. The first-order chi connectivity index (χ1) is 15.0. The van der Waals surface area contributed by atoms with E-state index in [9.17, 15) is 12.8 Å². The van der Waals surface area contributed by atoms with Crippen LogP contribution in [0, 0.1) is 5.82 Å². The predicted octanol–water partition coefficient (Wildman–Crippen LogP) is 4.20. The molecule has 2 aromatic heterocycles. The summed E-state index contributed by atoms with van der Waals surface area (Å²) >= 11 is 1.19. The maximum Gasteiger partial charge on any atom is 0.263 e. The first kappa shape index (κ1) is 20.7. The molecule has 0 unspecified atom stereocenters. The largest absolute Gasteiger partial charge is 0.473 e. The van der Waals surface area contributed by atoms with Crippen LogP contribution in [0.5, 0.6) is 5.88 Å². The van der Waals surface area contributed by atoms with E-state index in [1.54, 1.807) is 41.8 Å². The molecule has 0 saturated carbocycles. The highest BCUT2D eigenvalue weighted by Crippen LogP contribution is 2.21. The van der Waals surface area contributed by atoms with Crippen LogP contribution in [0.4, 0.5) is 21.2 Å². The molecule has 0 amide bonds. The molecule has 11 heteroatoms. The minimum Gasteiger partial charge on any atom is -0.473 e. The number of sulfonamides is 1. The first-order valence-corrected chi connectivity index (χ1v) is 11.3. The molecular formula is C20H16FN5O3S2. The quantitative estimate of drug-likeness (QED) is 0.408. The van der Waals surface area contributed by atoms with Crippen molar-refractivity contribution in [2.75, 3.05) is 10.0 Å². The highest BCUT2D eigenvalue weighted by Gasteiger charge is 2.15. The molecule has 0 bridgehead atoms. The number of nitrogens with one attached hydrogen (secondary N) is 2. The van der Waals surface area contributed by atoms with Gasteiger partial charge in [0.1, 0.15) is 12.4 Å². The topological polar surface area (TPSA) is 106 Å². The van der Waals surface area contributed by atoms with E-state index in [1.165, 1.54) is 41.9 Å². The Morgan fingerprint density at radius 1 is 1.00 bits per heavy atom. The maximum atomic E-state index is 13.7. The van der Waals surface area contributed by atoms with Crippen LogP contribution in [0.3, 0.4) is 0 Å². The summed E-state index contributed by atoms with van der Waals surface area (Å²) in [6.07, 6.45) is 3.02. The Morgan fingerprint density at radius 3 is 2.55 bits per heavy atom. The second-order valence-electron chi connectivity index (χ2n) is 6.19. The zero-order valence-corrected chi connectivity index (χ0v) is 17.5. The average Bonchev–Trinajstić information content (AvgIpc) is 3.26. The highest BCUT2D eigenvalue weighted by atomic mass is 32.2. The van der Waals surface area contributed by atoms with Gasteiger partial charge in [0, 0.05) is 35.1 Å². The van der Waals surface area contributed by atoms with Gasteiger partial charge in [0.25, 0.3) is 10.0 Å². The van der Waals surface area contributed by atoms with Gasteiger partial charge in [-0.05, 0) is 30.3 Å². The number of aromatic nitrogens is 3. The second-order valence-corrected chi connectivity index (χ2v) is 8.77. The molecule has 2 aromatic carbocycles. The molecule has 0 spiro atoms. The number of benzene rings is 2. The lowest BCUT2D eigenvalue weighted by molar-refractivity contribution is 0.288. The van der Waals surface area contributed by atoms with E-state index >= 15 is 0 Å². The van der Waals surface area contributed by atoms with Gasteiger partial charge in [-0.15, -0.1) is 11.3 Å². The third kappa shape index (κ3) is 5.32. The third-order valence-electron chi connectivity index (χ3n) is 4.04. The van der Waals surface area contributed by atoms with Gasteiger partial charge >= 0.3 is 0 Å². The molecule has 0 aliphatic carbocycles. The molecule has 2 N–H and O–H groups in total. The van der Waals surface area contributed by atoms with Gasteiger partial charge in [-0.3, -0.25) is 4.72 Å². The Morgan fingerprint density at radius 2 is 1.81 bits per heavy atom. The van der Waals surface area contributed by atoms with Crippen LogP contribution in [0.25, 0.3) is 0 Å². The Balaban J connectivity index is 1.41. The van der Waals surface area contributed by atoms with Gasteiger partial charge < -0.3 is 10.1 Å². The van der Waals surface area contributed by atoms with Gasteiger partial charge in [0.2, 0.25) is 11.8 Å². The zero-order chi connectivity index (χ0) is 21.7. The molecule has 4 rings (SSSR count). The minimum absolute atomic E-state index is 0.0295. The Labute approximate surface area is 181 Å². The summed E-state index contributed by atoms with van der Waals surface area (Å²) in [6, 6.07) is 14.0. The van der Waals surface area contributed by atoms with Gasteiger partial charge in [-0.1, -0.05) is 18.2 Å². The number of thiazole rings is 1. The molecule has 0 aliphatic heterocycles. The standard InChI is InChI=1S/C20H16FN5O3S2/c21-17-4-2-1-3-14(17)13-29-18-9-10-22-19(25-18)24-15-5-7-16(8-6-15)31(27,28)26-20-23-11-12-30-20/h1-12H,13H2,(H,23,26)(H,22,24,25). The minimum atomic E-state index is -3.73. The van der Waals surface area contributed by atoms with Crippen molar-refractivity contribution in [3.05, 3.63) is 83.8 Å². The van der Waals surface area contributed by atoms with Crippen molar-refractivity contribution < 1.29 is 17.5 Å². The molecule has 0 saturated heterocycles. The van der Waals surface area contributed by atoms with Crippen molar-refractivity contribution in [3.63, 3.8) is 0 Å². The predicted molar refractivity (Wildman–Crippen MR) is 115 cm³/mol. The lowest BCUT2D eigenvalue weighted by Crippen LogP contribution is -2.12. The summed E-state index contributed by atoms with van der Waals surface area (Å²) in [6.45, 7) is 0.0295. The van der Waals surface area contributed by atoms with Crippen LogP contribution in [-0.4, -0.2) is 23.4 Å². The molecular weight excluding hydrogens is 441 g/mol. The van der Waals surface area contributed by atoms with Crippen molar-refractivity contribution in [3.8, 4) is 5.88 Å². The maximum absolute atomic E-state index is 13.7. The molecule has 4 aromatic rings. The third-order valence-corrected chi connectivity index (χ3v) is 6.21. The summed E-state index contributed by atoms with van der Waals surface area (Å²) in [7, 11) is -3.73. The molecule has 158 valence electrons. The lowest BCUT2D eigenvalue weighted by atomic mass is 10.2. The summed E-state index contributed by atoms with van der Waals surface area (Å²) in [5, 5.41) is 4.95. The monoisotopic (exact) mass is 457 g/mol. The van der Waals surface area contributed by atoms with Crippen molar-refractivity contribution >= 4 is 38.1 Å². The fraction of sp³-hybridized carbons (Fsp3) is 0.0500. The van der Waals surface area contributed by atoms with E-state index < -0.39 is 10.0 Å². The molecule has 0 radical (unpaired) electrons. The smallest absolute Gasteiger partial charge is 0.263 e. The van der Waals surface area contributed by atoms with E-state index in [2.05, 4.69) is 25.0 Å². The average molecular weight is 458 g/mol. The number of anilines is 3. The van der Waals surface area contributed by atoms with Crippen LogP contribution in [0.15, 0.2) is 77.3 Å². The number of hydrogen-bond donors (Lipinski definition) is 2. The Bertz CT molecular complexity index is 1270. The normalized spacial score (nSPS) is 11.1. The van der Waals surface area contributed by atoms with Crippen LogP contribution < -0.4 is 14.8 Å². The van der Waals surface area contributed by atoms with Crippen LogP contribution in [-0.2, 0) is 16.6 Å². The fourth-order valence-corrected chi connectivity index (χ4v) is 4.33. The molecule has 2 heterocycles. The number of rotatable bonds is 8. The van der Waals surface area contributed by atoms with Gasteiger partial charge in [-0.2, -0.15) is 4.98 Å². The van der Waals surface area contributed by atoms with E-state index in [0.717, 1.165) is 0 Å². The second kappa shape index (κ2) is 9.06. The Hall–Kier alpha value is -3.57. The van der Waals surface area contributed by atoms with Crippen LogP contribution >= 0.6 is 11.3 Å². The van der Waals surface area contributed by atoms with Crippen LogP contribution in [0.1, 0.15) is 5.56 Å². The van der Waals surface area contributed by atoms with Crippen molar-refractivity contribution in [1.29, 1.82) is 0 Å². The lowest BCUT2D eigenvalue weighted by Gasteiger charge is -2.09. The van der Waals surface area contributed by atoms with E-state index in [1.807, 2.05) is 0 Å². The Kier molecular flexibility index (Phi) is 6.05. The van der Waals surface area contributed by atoms with Crippen molar-refractivity contribution in [2.24, 2.45) is 0 Å². The number of ether oxygens (including phenoxy) is 1. The number of hydrogen-bond acceptors (Lipinski definition) is 8. The summed E-state index contributed by atoms with van der Waals surface area (Å²) in [5.74, 6) is 0.171. The van der Waals surface area contributed by atoms with Gasteiger partial charge in [0.05, 0.1) is 4.90 Å². The molecule has 8 nitrogen and oxygen atoms in total. The molecule has 31 heavy (non-hydrogen) atoms. The van der Waals surface area contributed by atoms with Crippen molar-refractivity contribution in [2.45, 2.75) is 11.5 Å². The van der Waals surface area contributed by atoms with Crippen molar-refractivity contribution in [1.82, 2.24) is 15.0 Å². The summed E-state index contributed by atoms with van der Waals surface area (Å²) < 4.78 is 46.4. The SMILES string of the molecule is O=S(=O)(Nc1nccs1)c1ccc(Nc2nccc(OCc3ccccc3F)n2)cc1. The van der Waals surface area contributed by atoms with E-state index in [4.69, 9.17) is 4.74 Å². The van der Waals surface area contributed by atoms with Gasteiger partial charge in [-0.25, -0.2) is 22.8 Å². The van der Waals surface area contributed by atoms with E-state index in [-0.39, 0.29) is 29.1 Å². The first-order valence-electron chi connectivity index (χ1n) is 8.98. The van der Waals surface area contributed by atoms with Gasteiger partial charge in [0.15, 0.2) is 5.13 Å². The molecule has 0 aliphatic rings. The summed E-state index contributed by atoms with van der Waals surface area (Å²) in [4.78, 5) is 12.4. The van der Waals surface area contributed by atoms with E-state index in [0.29, 0.717) is 16.4 Å². The fourth-order valence-electron chi connectivity index (χ4n) is 2.54. The zero-order valence-electron chi connectivity index (χ0n) is 15.9. The molecule has 0 atom stereocenters. The number of nitrogens with zero attached hydrogens (tertiary/aromatic N) is 3. The highest BCUT2D eigenvalue weighted by molar-refractivity contribution is 7.93. The molecule has 0 fully saturated rings. The summed E-state index contributed by atoms with van der Waals surface area (Å²) in [5.41, 5.74) is 0.998.